The van der Waals surface area contributed by atoms with Gasteiger partial charge in [-0.15, -0.1) is 0 Å². The topological polar surface area (TPSA) is 95.6 Å². The largest absolute Gasteiger partial charge is 0.342 e. The van der Waals surface area contributed by atoms with Gasteiger partial charge in [0.05, 0.1) is 4.90 Å². The zero-order valence-electron chi connectivity index (χ0n) is 14.8. The fraction of sp³-hybridized carbons (Fsp3) is 0.222. The second kappa shape index (κ2) is 8.11. The molecule has 0 aliphatic carbocycles. The predicted molar refractivity (Wildman–Crippen MR) is 99.2 cm³/mol. The molecule has 0 fully saturated rings. The van der Waals surface area contributed by atoms with Crippen LogP contribution in [0.5, 0.6) is 0 Å². The van der Waals surface area contributed by atoms with Crippen LogP contribution in [-0.4, -0.2) is 39.2 Å². The number of nitrogens with zero attached hydrogens (tertiary/aromatic N) is 1. The van der Waals surface area contributed by atoms with Crippen molar-refractivity contribution in [3.8, 4) is 0 Å². The molecule has 0 bridgehead atoms. The normalized spacial score (nSPS) is 11.0. The van der Waals surface area contributed by atoms with Crippen molar-refractivity contribution in [1.29, 1.82) is 0 Å². The molecule has 2 aromatic rings. The maximum absolute atomic E-state index is 12.5. The Morgan fingerprint density at radius 2 is 1.65 bits per heavy atom. The molecule has 2 N–H and O–H groups in total. The van der Waals surface area contributed by atoms with Crippen LogP contribution in [-0.2, 0) is 21.4 Å². The summed E-state index contributed by atoms with van der Waals surface area (Å²) in [5.74, 6) is -0.441. The van der Waals surface area contributed by atoms with Crippen molar-refractivity contribution < 1.29 is 18.0 Å². The van der Waals surface area contributed by atoms with Gasteiger partial charge in [-0.05, 0) is 42.9 Å². The molecular formula is C18H21N3O4S. The van der Waals surface area contributed by atoms with Crippen LogP contribution in [0, 0.1) is 0 Å². The van der Waals surface area contributed by atoms with Gasteiger partial charge >= 0.3 is 0 Å². The standard InChI is InChI=1S/C18H21N3O4S/c1-13(22)21(3)12-15-6-4-5-7-17(15)20-18(23)14-8-10-16(11-9-14)26(24,25)19-2/h4-11,19H,12H2,1-3H3,(H,20,23). The van der Waals surface area contributed by atoms with E-state index < -0.39 is 10.0 Å². The van der Waals surface area contributed by atoms with E-state index >= 15 is 0 Å². The molecule has 8 heteroatoms. The molecule has 26 heavy (non-hydrogen) atoms. The number of hydrogen-bond donors (Lipinski definition) is 2. The summed E-state index contributed by atoms with van der Waals surface area (Å²) in [6.07, 6.45) is 0. The number of amides is 2. The molecule has 0 saturated heterocycles. The smallest absolute Gasteiger partial charge is 0.255 e. The molecule has 0 saturated carbocycles. The third-order valence-corrected chi connectivity index (χ3v) is 5.34. The van der Waals surface area contributed by atoms with Gasteiger partial charge in [0.1, 0.15) is 0 Å². The van der Waals surface area contributed by atoms with Crippen LogP contribution in [0.3, 0.4) is 0 Å². The molecule has 2 rings (SSSR count). The summed E-state index contributed by atoms with van der Waals surface area (Å²) in [4.78, 5) is 25.5. The van der Waals surface area contributed by atoms with Crippen LogP contribution in [0.2, 0.25) is 0 Å². The van der Waals surface area contributed by atoms with Crippen LogP contribution >= 0.6 is 0 Å². The van der Waals surface area contributed by atoms with Gasteiger partial charge in [-0.3, -0.25) is 9.59 Å². The molecule has 138 valence electrons. The minimum Gasteiger partial charge on any atom is -0.342 e. The maximum Gasteiger partial charge on any atom is 0.255 e. The van der Waals surface area contributed by atoms with E-state index in [4.69, 9.17) is 0 Å². The van der Waals surface area contributed by atoms with E-state index in [-0.39, 0.29) is 16.7 Å². The second-order valence-electron chi connectivity index (χ2n) is 5.72. The molecule has 0 unspecified atom stereocenters. The number of benzene rings is 2. The summed E-state index contributed by atoms with van der Waals surface area (Å²) < 4.78 is 25.7. The van der Waals surface area contributed by atoms with Gasteiger partial charge in [-0.1, -0.05) is 18.2 Å². The van der Waals surface area contributed by atoms with Gasteiger partial charge in [0, 0.05) is 31.8 Å². The first-order valence-electron chi connectivity index (χ1n) is 7.89. The van der Waals surface area contributed by atoms with Gasteiger partial charge in [0.15, 0.2) is 0 Å². The van der Waals surface area contributed by atoms with Crippen molar-refractivity contribution in [1.82, 2.24) is 9.62 Å². The highest BCUT2D eigenvalue weighted by atomic mass is 32.2. The first kappa shape index (κ1) is 19.6. The summed E-state index contributed by atoms with van der Waals surface area (Å²) in [5, 5.41) is 2.80. The van der Waals surface area contributed by atoms with E-state index in [9.17, 15) is 18.0 Å². The highest BCUT2D eigenvalue weighted by molar-refractivity contribution is 7.89. The van der Waals surface area contributed by atoms with Crippen molar-refractivity contribution in [2.75, 3.05) is 19.4 Å². The number of carbonyl (C=O) groups excluding carboxylic acids is 2. The van der Waals surface area contributed by atoms with E-state index in [1.165, 1.54) is 38.2 Å². The highest BCUT2D eigenvalue weighted by Gasteiger charge is 2.14. The average molecular weight is 375 g/mol. The number of para-hydroxylation sites is 1. The Bertz CT molecular complexity index is 908. The number of anilines is 1. The maximum atomic E-state index is 12.5. The SMILES string of the molecule is CNS(=O)(=O)c1ccc(C(=O)Nc2ccccc2CN(C)C(C)=O)cc1. The summed E-state index contributed by atoms with van der Waals surface area (Å²) in [5.41, 5.74) is 1.72. The molecule has 0 aliphatic rings. The quantitative estimate of drug-likeness (QED) is 0.805. The molecule has 7 nitrogen and oxygen atoms in total. The molecule has 2 amide bonds. The molecule has 0 atom stereocenters. The molecule has 0 aromatic heterocycles. The number of hydrogen-bond acceptors (Lipinski definition) is 4. The predicted octanol–water partition coefficient (Wildman–Crippen LogP) is 1.83. The zero-order valence-corrected chi connectivity index (χ0v) is 15.6. The minimum atomic E-state index is -3.55. The van der Waals surface area contributed by atoms with Crippen LogP contribution in [0.25, 0.3) is 0 Å². The van der Waals surface area contributed by atoms with Crippen LogP contribution < -0.4 is 10.0 Å². The monoisotopic (exact) mass is 375 g/mol. The fourth-order valence-electron chi connectivity index (χ4n) is 2.24. The Hall–Kier alpha value is -2.71. The van der Waals surface area contributed by atoms with Crippen LogP contribution in [0.4, 0.5) is 5.69 Å². The number of carbonyl (C=O) groups is 2. The Kier molecular flexibility index (Phi) is 6.12. The van der Waals surface area contributed by atoms with E-state index in [2.05, 4.69) is 10.0 Å². The first-order valence-corrected chi connectivity index (χ1v) is 9.37. The molecule has 0 spiro atoms. The fourth-order valence-corrected chi connectivity index (χ4v) is 2.97. The minimum absolute atomic E-state index is 0.0764. The van der Waals surface area contributed by atoms with Gasteiger partial charge in [-0.25, -0.2) is 13.1 Å². The number of sulfonamides is 1. The summed E-state index contributed by atoms with van der Waals surface area (Å²) >= 11 is 0. The van der Waals surface area contributed by atoms with E-state index in [0.717, 1.165) is 5.56 Å². The lowest BCUT2D eigenvalue weighted by Crippen LogP contribution is -2.24. The molecule has 2 aromatic carbocycles. The zero-order chi connectivity index (χ0) is 19.3. The van der Waals surface area contributed by atoms with Crippen LogP contribution in [0.15, 0.2) is 53.4 Å². The lowest BCUT2D eigenvalue weighted by atomic mass is 10.1. The van der Waals surface area contributed by atoms with Gasteiger partial charge in [0.25, 0.3) is 5.91 Å². The number of rotatable bonds is 6. The number of nitrogens with one attached hydrogen (secondary N) is 2. The lowest BCUT2D eigenvalue weighted by Gasteiger charge is -2.18. The molecule has 0 aliphatic heterocycles. The van der Waals surface area contributed by atoms with Gasteiger partial charge in [-0.2, -0.15) is 0 Å². The van der Waals surface area contributed by atoms with E-state index in [0.29, 0.717) is 17.8 Å². The summed E-state index contributed by atoms with van der Waals surface area (Å²) in [6.45, 7) is 1.84. The Labute approximate surface area is 153 Å². The highest BCUT2D eigenvalue weighted by Crippen LogP contribution is 2.18. The van der Waals surface area contributed by atoms with Crippen molar-refractivity contribution in [2.45, 2.75) is 18.4 Å². The van der Waals surface area contributed by atoms with Gasteiger partial charge < -0.3 is 10.2 Å². The molecular weight excluding hydrogens is 354 g/mol. The summed E-state index contributed by atoms with van der Waals surface area (Å²) in [7, 11) is -0.540. The van der Waals surface area contributed by atoms with E-state index in [1.807, 2.05) is 12.1 Å². The summed E-state index contributed by atoms with van der Waals surface area (Å²) in [6, 6.07) is 12.8. The van der Waals surface area contributed by atoms with Crippen molar-refractivity contribution in [3.05, 3.63) is 59.7 Å². The lowest BCUT2D eigenvalue weighted by molar-refractivity contribution is -0.128. The van der Waals surface area contributed by atoms with Gasteiger partial charge in [0.2, 0.25) is 15.9 Å². The Balaban J connectivity index is 2.19. The average Bonchev–Trinajstić information content (AvgIpc) is 2.63. The van der Waals surface area contributed by atoms with Crippen molar-refractivity contribution in [2.24, 2.45) is 0 Å². The molecule has 0 heterocycles. The Morgan fingerprint density at radius 3 is 2.23 bits per heavy atom. The second-order valence-corrected chi connectivity index (χ2v) is 7.60. The third kappa shape index (κ3) is 4.68. The van der Waals surface area contributed by atoms with Crippen LogP contribution in [0.1, 0.15) is 22.8 Å². The van der Waals surface area contributed by atoms with Crippen molar-refractivity contribution >= 4 is 27.5 Å². The third-order valence-electron chi connectivity index (χ3n) is 3.91. The van der Waals surface area contributed by atoms with E-state index in [1.54, 1.807) is 24.1 Å². The Morgan fingerprint density at radius 1 is 1.04 bits per heavy atom. The van der Waals surface area contributed by atoms with Crippen molar-refractivity contribution in [3.63, 3.8) is 0 Å². The first-order chi connectivity index (χ1) is 12.2. The molecule has 0 radical (unpaired) electrons.